The molecule has 1 heterocycles. The van der Waals surface area contributed by atoms with Crippen LogP contribution in [0.25, 0.3) is 11.3 Å². The zero-order valence-corrected chi connectivity index (χ0v) is 14.9. The van der Waals surface area contributed by atoms with Crippen molar-refractivity contribution in [3.63, 3.8) is 0 Å². The lowest BCUT2D eigenvalue weighted by atomic mass is 10.1. The second kappa shape index (κ2) is 7.98. The first kappa shape index (κ1) is 18.0. The Morgan fingerprint density at radius 2 is 1.79 bits per heavy atom. The number of aromatic amines is 1. The number of benzene rings is 1. The van der Waals surface area contributed by atoms with Crippen LogP contribution >= 0.6 is 12.2 Å². The van der Waals surface area contributed by atoms with Crippen LogP contribution in [0.5, 0.6) is 17.2 Å². The molecule has 24 heavy (non-hydrogen) atoms. The van der Waals surface area contributed by atoms with E-state index in [0.29, 0.717) is 46.4 Å². The van der Waals surface area contributed by atoms with Gasteiger partial charge in [0.05, 0.1) is 33.6 Å². The lowest BCUT2D eigenvalue weighted by Gasteiger charge is -2.18. The van der Waals surface area contributed by atoms with Crippen LogP contribution in [0, 0.1) is 4.77 Å². The van der Waals surface area contributed by atoms with Gasteiger partial charge < -0.3 is 23.5 Å². The molecule has 8 heteroatoms. The molecular weight excluding hydrogens is 332 g/mol. The van der Waals surface area contributed by atoms with E-state index in [1.807, 2.05) is 0 Å². The highest BCUT2D eigenvalue weighted by atomic mass is 32.1. The van der Waals surface area contributed by atoms with Crippen molar-refractivity contribution >= 4 is 12.2 Å². The van der Waals surface area contributed by atoms with Crippen molar-refractivity contribution < 1.29 is 18.9 Å². The predicted molar refractivity (Wildman–Crippen MR) is 92.9 cm³/mol. The Bertz CT molecular complexity index is 828. The lowest BCUT2D eigenvalue weighted by Crippen LogP contribution is -2.17. The van der Waals surface area contributed by atoms with Crippen molar-refractivity contribution in [1.82, 2.24) is 9.55 Å². The number of nitrogens with zero attached hydrogens (tertiary/aromatic N) is 1. The second-order valence-corrected chi connectivity index (χ2v) is 5.24. The van der Waals surface area contributed by atoms with Gasteiger partial charge in [-0.25, -0.2) is 0 Å². The van der Waals surface area contributed by atoms with Crippen molar-refractivity contribution in [1.29, 1.82) is 0 Å². The van der Waals surface area contributed by atoms with Crippen LogP contribution in [0.2, 0.25) is 0 Å². The number of nitrogens with one attached hydrogen (secondary N) is 1. The zero-order chi connectivity index (χ0) is 17.7. The van der Waals surface area contributed by atoms with E-state index in [2.05, 4.69) is 4.98 Å². The number of aromatic nitrogens is 2. The minimum Gasteiger partial charge on any atom is -0.493 e. The Hall–Kier alpha value is -2.32. The van der Waals surface area contributed by atoms with Crippen LogP contribution in [-0.4, -0.2) is 44.6 Å². The van der Waals surface area contributed by atoms with Gasteiger partial charge in [-0.2, -0.15) is 0 Å². The molecule has 0 saturated carbocycles. The normalized spacial score (nSPS) is 10.5. The molecule has 1 N–H and O–H groups in total. The number of hydrogen-bond acceptors (Lipinski definition) is 6. The number of H-pyrrole nitrogens is 1. The first-order chi connectivity index (χ1) is 11.6. The summed E-state index contributed by atoms with van der Waals surface area (Å²) in [6.07, 6.45) is 0. The number of ether oxygens (including phenoxy) is 4. The van der Waals surface area contributed by atoms with Crippen molar-refractivity contribution in [3.05, 3.63) is 33.3 Å². The molecule has 0 atom stereocenters. The summed E-state index contributed by atoms with van der Waals surface area (Å²) in [6.45, 7) is 0.932. The maximum Gasteiger partial charge on any atom is 0.252 e. The van der Waals surface area contributed by atoms with E-state index in [4.69, 9.17) is 31.2 Å². The quantitative estimate of drug-likeness (QED) is 0.771. The molecule has 0 saturated heterocycles. The summed E-state index contributed by atoms with van der Waals surface area (Å²) in [6, 6.07) is 5.02. The Labute approximate surface area is 144 Å². The first-order valence-corrected chi connectivity index (χ1v) is 7.60. The number of rotatable bonds is 7. The average molecular weight is 352 g/mol. The average Bonchev–Trinajstić information content (AvgIpc) is 2.58. The molecule has 1 aromatic heterocycles. The predicted octanol–water partition coefficient (Wildman–Crippen LogP) is 2.25. The van der Waals surface area contributed by atoms with Gasteiger partial charge in [0.25, 0.3) is 5.56 Å². The molecule has 2 rings (SSSR count). The molecule has 0 aliphatic heterocycles. The minimum absolute atomic E-state index is 0.291. The van der Waals surface area contributed by atoms with Crippen LogP contribution in [0.4, 0.5) is 0 Å². The molecule has 0 spiro atoms. The van der Waals surface area contributed by atoms with E-state index < -0.39 is 0 Å². The topological polar surface area (TPSA) is 74.7 Å². The van der Waals surface area contributed by atoms with Crippen molar-refractivity contribution in [3.8, 4) is 28.5 Å². The van der Waals surface area contributed by atoms with Gasteiger partial charge in [0.1, 0.15) is 0 Å². The fourth-order valence-electron chi connectivity index (χ4n) is 2.45. The molecule has 1 aromatic carbocycles. The Morgan fingerprint density at radius 3 is 2.38 bits per heavy atom. The van der Waals surface area contributed by atoms with Crippen molar-refractivity contribution in [2.75, 3.05) is 35.0 Å². The maximum atomic E-state index is 11.9. The van der Waals surface area contributed by atoms with Gasteiger partial charge in [-0.1, -0.05) is 0 Å². The molecule has 0 bridgehead atoms. The highest BCUT2D eigenvalue weighted by Gasteiger charge is 2.19. The van der Waals surface area contributed by atoms with Crippen LogP contribution in [0.3, 0.4) is 0 Å². The van der Waals surface area contributed by atoms with E-state index in [1.54, 1.807) is 30.9 Å². The second-order valence-electron chi connectivity index (χ2n) is 4.85. The summed E-state index contributed by atoms with van der Waals surface area (Å²) in [5, 5.41) is 0. The summed E-state index contributed by atoms with van der Waals surface area (Å²) < 4.78 is 23.4. The molecule has 0 amide bonds. The van der Waals surface area contributed by atoms with Gasteiger partial charge in [0.2, 0.25) is 5.75 Å². The Morgan fingerprint density at radius 1 is 1.08 bits per heavy atom. The largest absolute Gasteiger partial charge is 0.493 e. The van der Waals surface area contributed by atoms with E-state index in [1.165, 1.54) is 20.3 Å². The Balaban J connectivity index is 2.76. The standard InChI is InChI=1S/C16H20N2O5S/c1-20-8-7-18-11(9-13(19)17-16(18)24)10-5-6-12(21-2)15(23-4)14(10)22-3/h5-6,9H,7-8H2,1-4H3,(H,17,19,24). The zero-order valence-electron chi connectivity index (χ0n) is 14.0. The summed E-state index contributed by atoms with van der Waals surface area (Å²) in [5.41, 5.74) is 0.988. The third-order valence-electron chi connectivity index (χ3n) is 3.53. The summed E-state index contributed by atoms with van der Waals surface area (Å²) >= 11 is 5.28. The fourth-order valence-corrected chi connectivity index (χ4v) is 2.74. The van der Waals surface area contributed by atoms with E-state index in [-0.39, 0.29) is 5.56 Å². The summed E-state index contributed by atoms with van der Waals surface area (Å²) in [5.74, 6) is 1.44. The molecular formula is C16H20N2O5S. The van der Waals surface area contributed by atoms with Crippen LogP contribution in [-0.2, 0) is 11.3 Å². The van der Waals surface area contributed by atoms with Gasteiger partial charge in [0.15, 0.2) is 16.3 Å². The third kappa shape index (κ3) is 3.44. The van der Waals surface area contributed by atoms with E-state index in [9.17, 15) is 4.79 Å². The van der Waals surface area contributed by atoms with Crippen LogP contribution in [0.1, 0.15) is 0 Å². The molecule has 2 aromatic rings. The highest BCUT2D eigenvalue weighted by molar-refractivity contribution is 7.71. The molecule has 0 radical (unpaired) electrons. The van der Waals surface area contributed by atoms with Crippen molar-refractivity contribution in [2.45, 2.75) is 6.54 Å². The van der Waals surface area contributed by atoms with Crippen molar-refractivity contribution in [2.24, 2.45) is 0 Å². The smallest absolute Gasteiger partial charge is 0.252 e. The Kier molecular flexibility index (Phi) is 5.99. The molecule has 0 aliphatic rings. The van der Waals surface area contributed by atoms with Gasteiger partial charge in [-0.15, -0.1) is 0 Å². The number of methoxy groups -OCH3 is 4. The fraction of sp³-hybridized carbons (Fsp3) is 0.375. The minimum atomic E-state index is -0.291. The SMILES string of the molecule is COCCn1c(-c2ccc(OC)c(OC)c2OC)cc(=O)[nH]c1=S. The van der Waals surface area contributed by atoms with Gasteiger partial charge >= 0.3 is 0 Å². The first-order valence-electron chi connectivity index (χ1n) is 7.19. The van der Waals surface area contributed by atoms with E-state index >= 15 is 0 Å². The number of hydrogen-bond donors (Lipinski definition) is 1. The van der Waals surface area contributed by atoms with Crippen LogP contribution in [0.15, 0.2) is 23.0 Å². The maximum absolute atomic E-state index is 11.9. The van der Waals surface area contributed by atoms with E-state index in [0.717, 1.165) is 0 Å². The van der Waals surface area contributed by atoms with Gasteiger partial charge in [-0.3, -0.25) is 9.78 Å². The van der Waals surface area contributed by atoms with Gasteiger partial charge in [-0.05, 0) is 24.4 Å². The summed E-state index contributed by atoms with van der Waals surface area (Å²) in [4.78, 5) is 14.5. The molecule has 0 fully saturated rings. The molecule has 7 nitrogen and oxygen atoms in total. The molecule has 0 aliphatic carbocycles. The highest BCUT2D eigenvalue weighted by Crippen LogP contribution is 2.43. The van der Waals surface area contributed by atoms with Crippen LogP contribution < -0.4 is 19.8 Å². The lowest BCUT2D eigenvalue weighted by molar-refractivity contribution is 0.186. The summed E-state index contributed by atoms with van der Waals surface area (Å²) in [7, 11) is 6.21. The molecule has 0 unspecified atom stereocenters. The molecule has 130 valence electrons. The van der Waals surface area contributed by atoms with Gasteiger partial charge in [0, 0.05) is 25.3 Å². The monoisotopic (exact) mass is 352 g/mol. The third-order valence-corrected chi connectivity index (χ3v) is 3.86.